The minimum absolute atomic E-state index is 0.0264. The van der Waals surface area contributed by atoms with Crippen molar-refractivity contribution in [2.45, 2.75) is 19.4 Å². The zero-order chi connectivity index (χ0) is 28.5. The van der Waals surface area contributed by atoms with Crippen molar-refractivity contribution in [3.63, 3.8) is 0 Å². The zero-order valence-corrected chi connectivity index (χ0v) is 22.8. The number of nitrogens with one attached hydrogen (secondary N) is 2. The predicted octanol–water partition coefficient (Wildman–Crippen LogP) is 4.79. The van der Waals surface area contributed by atoms with Crippen molar-refractivity contribution < 1.29 is 18.3 Å². The monoisotopic (exact) mass is 570 g/mol. The molecule has 40 heavy (non-hydrogen) atoms. The first-order valence-corrected chi connectivity index (χ1v) is 12.9. The van der Waals surface area contributed by atoms with Crippen molar-refractivity contribution in [1.82, 2.24) is 29.9 Å². The van der Waals surface area contributed by atoms with Crippen molar-refractivity contribution in [2.75, 3.05) is 44.6 Å². The van der Waals surface area contributed by atoms with Crippen LogP contribution in [0.25, 0.3) is 10.9 Å². The van der Waals surface area contributed by atoms with E-state index >= 15 is 0 Å². The van der Waals surface area contributed by atoms with Gasteiger partial charge in [-0.15, -0.1) is 5.10 Å². The molecule has 4 rings (SSSR count). The maximum Gasteiger partial charge on any atom is 0.248 e. The molecule has 2 aromatic carbocycles. The number of fused-ring (bicyclic) bond motifs is 1. The van der Waals surface area contributed by atoms with Crippen LogP contribution in [0.5, 0.6) is 5.75 Å². The average Bonchev–Trinajstić information content (AvgIpc) is 3.36. The molecule has 0 unspecified atom stereocenters. The first-order chi connectivity index (χ1) is 19.3. The van der Waals surface area contributed by atoms with E-state index in [2.05, 4.69) is 30.9 Å². The van der Waals surface area contributed by atoms with Crippen molar-refractivity contribution in [3.05, 3.63) is 71.5 Å². The van der Waals surface area contributed by atoms with Gasteiger partial charge in [-0.05, 0) is 51.2 Å². The summed E-state index contributed by atoms with van der Waals surface area (Å²) in [4.78, 5) is 23.3. The molecule has 0 aliphatic heterocycles. The molecule has 0 atom stereocenters. The Kier molecular flexibility index (Phi) is 9.92. The van der Waals surface area contributed by atoms with Crippen molar-refractivity contribution in [1.29, 1.82) is 0 Å². The summed E-state index contributed by atoms with van der Waals surface area (Å²) in [6, 6.07) is 7.69. The van der Waals surface area contributed by atoms with Crippen LogP contribution >= 0.6 is 11.6 Å². The summed E-state index contributed by atoms with van der Waals surface area (Å²) in [5.74, 6) is 0.0112. The third-order valence-electron chi connectivity index (χ3n) is 5.65. The fourth-order valence-electron chi connectivity index (χ4n) is 3.74. The standard InChI is InChI=1S/C27H29ClF2N8O2/c1-37(2)10-3-6-26(39)34-24-14-20-23(31-17-32-27(20)33-18-7-8-22(30)21(28)13-18)15-25(24)40-12-4-5-19-16-38(11-9-29)36-35-19/h3,6-8,13-17H,4-5,9-12H2,1-2H3,(H,34,39)(H,31,32,33)/b6-3+. The minimum Gasteiger partial charge on any atom is -0.491 e. The number of carbonyl (C=O) groups excluding carboxylic acids is 1. The van der Waals surface area contributed by atoms with Gasteiger partial charge in [0, 0.05) is 36.0 Å². The van der Waals surface area contributed by atoms with Gasteiger partial charge in [0.25, 0.3) is 0 Å². The Morgan fingerprint density at radius 2 is 2.08 bits per heavy atom. The maximum absolute atomic E-state index is 13.6. The van der Waals surface area contributed by atoms with Crippen LogP contribution in [0.4, 0.5) is 26.0 Å². The van der Waals surface area contributed by atoms with Gasteiger partial charge in [0.15, 0.2) is 0 Å². The van der Waals surface area contributed by atoms with E-state index in [0.29, 0.717) is 59.8 Å². The number of ether oxygens (including phenoxy) is 1. The van der Waals surface area contributed by atoms with Gasteiger partial charge < -0.3 is 20.3 Å². The Labute approximate surface area is 235 Å². The molecule has 2 N–H and O–H groups in total. The first kappa shape index (κ1) is 28.8. The maximum atomic E-state index is 13.6. The van der Waals surface area contributed by atoms with Crippen LogP contribution < -0.4 is 15.4 Å². The molecule has 0 saturated heterocycles. The predicted molar refractivity (Wildman–Crippen MR) is 150 cm³/mol. The summed E-state index contributed by atoms with van der Waals surface area (Å²) in [5, 5.41) is 14.5. The third-order valence-corrected chi connectivity index (χ3v) is 5.94. The van der Waals surface area contributed by atoms with E-state index in [1.54, 1.807) is 30.5 Å². The lowest BCUT2D eigenvalue weighted by Crippen LogP contribution is -2.13. The topological polar surface area (TPSA) is 110 Å². The third kappa shape index (κ3) is 7.93. The summed E-state index contributed by atoms with van der Waals surface area (Å²) >= 11 is 5.93. The van der Waals surface area contributed by atoms with Gasteiger partial charge in [-0.25, -0.2) is 23.4 Å². The highest BCUT2D eigenvalue weighted by molar-refractivity contribution is 6.31. The van der Waals surface area contributed by atoms with Crippen LogP contribution in [0.15, 0.2) is 55.0 Å². The number of anilines is 3. The average molecular weight is 571 g/mol. The normalized spacial score (nSPS) is 11.4. The number of aromatic nitrogens is 5. The number of nitrogens with zero attached hydrogens (tertiary/aromatic N) is 6. The zero-order valence-electron chi connectivity index (χ0n) is 22.1. The molecule has 1 amide bonds. The van der Waals surface area contributed by atoms with E-state index in [4.69, 9.17) is 16.3 Å². The summed E-state index contributed by atoms with van der Waals surface area (Å²) in [6.45, 7) is 0.586. The largest absolute Gasteiger partial charge is 0.491 e. The molecule has 13 heteroatoms. The Hall–Kier alpha value is -4.16. The lowest BCUT2D eigenvalue weighted by Gasteiger charge is -2.15. The molecule has 0 spiro atoms. The lowest BCUT2D eigenvalue weighted by molar-refractivity contribution is -0.111. The van der Waals surface area contributed by atoms with Gasteiger partial charge in [-0.3, -0.25) is 4.79 Å². The Morgan fingerprint density at radius 1 is 1.23 bits per heavy atom. The molecule has 0 radical (unpaired) electrons. The van der Waals surface area contributed by atoms with Crippen LogP contribution in [0.3, 0.4) is 0 Å². The van der Waals surface area contributed by atoms with Gasteiger partial charge in [0.05, 0.1) is 35.1 Å². The second-order valence-corrected chi connectivity index (χ2v) is 9.52. The molecule has 2 aromatic heterocycles. The highest BCUT2D eigenvalue weighted by Gasteiger charge is 2.14. The Morgan fingerprint density at radius 3 is 2.85 bits per heavy atom. The minimum atomic E-state index is -0.529. The smallest absolute Gasteiger partial charge is 0.248 e. The van der Waals surface area contributed by atoms with Gasteiger partial charge in [-0.1, -0.05) is 22.9 Å². The van der Waals surface area contributed by atoms with Gasteiger partial charge in [0.1, 0.15) is 30.4 Å². The number of alkyl halides is 1. The quantitative estimate of drug-likeness (QED) is 0.174. The highest BCUT2D eigenvalue weighted by atomic mass is 35.5. The van der Waals surface area contributed by atoms with E-state index < -0.39 is 12.5 Å². The second kappa shape index (κ2) is 13.8. The molecule has 2 heterocycles. The number of amides is 1. The lowest BCUT2D eigenvalue weighted by atomic mass is 10.1. The SMILES string of the molecule is CN(C)C/C=C/C(=O)Nc1cc2c(Nc3ccc(F)c(Cl)c3)ncnc2cc1OCCCc1cn(CCF)nn1. The summed E-state index contributed by atoms with van der Waals surface area (Å²) in [7, 11) is 3.81. The van der Waals surface area contributed by atoms with E-state index in [9.17, 15) is 13.6 Å². The molecular formula is C27H29ClF2N8O2. The van der Waals surface area contributed by atoms with Crippen LogP contribution in [0, 0.1) is 5.82 Å². The fourth-order valence-corrected chi connectivity index (χ4v) is 3.92. The van der Waals surface area contributed by atoms with Gasteiger partial charge >= 0.3 is 0 Å². The second-order valence-electron chi connectivity index (χ2n) is 9.11. The van der Waals surface area contributed by atoms with Crippen LogP contribution in [-0.4, -0.2) is 69.7 Å². The number of carbonyl (C=O) groups is 1. The number of hydrogen-bond donors (Lipinski definition) is 2. The van der Waals surface area contributed by atoms with E-state index in [1.807, 2.05) is 19.0 Å². The number of halogens is 3. The highest BCUT2D eigenvalue weighted by Crippen LogP contribution is 2.34. The number of hydrogen-bond acceptors (Lipinski definition) is 8. The number of aryl methyl sites for hydroxylation is 2. The summed E-state index contributed by atoms with van der Waals surface area (Å²) < 4.78 is 33.7. The number of likely N-dealkylation sites (N-methyl/N-ethyl adjacent to an activating group) is 1. The van der Waals surface area contributed by atoms with Crippen molar-refractivity contribution in [3.8, 4) is 5.75 Å². The summed E-state index contributed by atoms with van der Waals surface area (Å²) in [5.41, 5.74) is 2.26. The van der Waals surface area contributed by atoms with Crippen LogP contribution in [0.2, 0.25) is 5.02 Å². The van der Waals surface area contributed by atoms with Crippen LogP contribution in [0.1, 0.15) is 12.1 Å². The molecule has 0 aliphatic carbocycles. The Balaban J connectivity index is 1.56. The first-order valence-electron chi connectivity index (χ1n) is 12.5. The van der Waals surface area contributed by atoms with E-state index in [1.165, 1.54) is 29.2 Å². The molecule has 10 nitrogen and oxygen atoms in total. The summed E-state index contributed by atoms with van der Waals surface area (Å²) in [6.07, 6.45) is 7.51. The van der Waals surface area contributed by atoms with Gasteiger partial charge in [0.2, 0.25) is 5.91 Å². The van der Waals surface area contributed by atoms with Crippen molar-refractivity contribution in [2.24, 2.45) is 0 Å². The van der Waals surface area contributed by atoms with E-state index in [0.717, 1.165) is 5.69 Å². The van der Waals surface area contributed by atoms with E-state index in [-0.39, 0.29) is 17.5 Å². The fraction of sp³-hybridized carbons (Fsp3) is 0.296. The molecule has 0 bridgehead atoms. The molecule has 0 aliphatic rings. The van der Waals surface area contributed by atoms with Crippen LogP contribution in [-0.2, 0) is 17.8 Å². The number of benzene rings is 2. The molecule has 210 valence electrons. The Bertz CT molecular complexity index is 1490. The van der Waals surface area contributed by atoms with Crippen molar-refractivity contribution >= 4 is 45.6 Å². The molecular weight excluding hydrogens is 542 g/mol. The molecule has 0 fully saturated rings. The molecule has 0 saturated carbocycles. The van der Waals surface area contributed by atoms with Gasteiger partial charge in [-0.2, -0.15) is 0 Å². The molecule has 4 aromatic rings. The number of rotatable bonds is 13.